The number of unbranched alkanes of at least 4 members (excludes halogenated alkanes) is 1. The van der Waals surface area contributed by atoms with Gasteiger partial charge >= 0.3 is 0 Å². The highest BCUT2D eigenvalue weighted by atomic mass is 16.5. The van der Waals surface area contributed by atoms with Crippen molar-refractivity contribution >= 4 is 17.4 Å². The van der Waals surface area contributed by atoms with Gasteiger partial charge in [-0.05, 0) is 54.8 Å². The van der Waals surface area contributed by atoms with Crippen molar-refractivity contribution in [3.8, 4) is 17.2 Å². The van der Waals surface area contributed by atoms with Gasteiger partial charge in [-0.25, -0.2) is 0 Å². The van der Waals surface area contributed by atoms with Crippen molar-refractivity contribution in [2.24, 2.45) is 0 Å². The lowest BCUT2D eigenvalue weighted by Gasteiger charge is -2.25. The Labute approximate surface area is 199 Å². The summed E-state index contributed by atoms with van der Waals surface area (Å²) < 4.78 is 16.1. The molecule has 1 aliphatic rings. The minimum Gasteiger partial charge on any atom is -0.507 e. The maximum absolute atomic E-state index is 13.1. The number of aliphatic hydroxyl groups is 1. The van der Waals surface area contributed by atoms with Crippen LogP contribution in [0.25, 0.3) is 5.76 Å². The van der Waals surface area contributed by atoms with Gasteiger partial charge in [0.2, 0.25) is 0 Å². The first-order chi connectivity index (χ1) is 16.3. The summed E-state index contributed by atoms with van der Waals surface area (Å²) in [6.07, 6.45) is 1.95. The molecule has 1 atom stereocenters. The molecular weight excluding hydrogens is 438 g/mol. The Morgan fingerprint density at radius 3 is 2.47 bits per heavy atom. The van der Waals surface area contributed by atoms with Crippen molar-refractivity contribution in [2.75, 3.05) is 34.0 Å². The van der Waals surface area contributed by atoms with Gasteiger partial charge in [0.1, 0.15) is 11.5 Å². The van der Waals surface area contributed by atoms with Crippen LogP contribution in [-0.4, -0.2) is 60.8 Å². The van der Waals surface area contributed by atoms with E-state index in [2.05, 4.69) is 6.92 Å². The Balaban J connectivity index is 2.09. The second-order valence-electron chi connectivity index (χ2n) is 8.10. The first kappa shape index (κ1) is 25.1. The van der Waals surface area contributed by atoms with E-state index in [-0.39, 0.29) is 36.0 Å². The number of methoxy groups -OCH3 is 2. The number of Topliss-reactive ketones (excluding diaryl/α,β-unsaturated/α-hetero) is 1. The number of aromatic hydroxyl groups is 1. The number of carbonyl (C=O) groups is 2. The molecule has 0 aromatic heterocycles. The number of aliphatic hydroxyl groups excluding tert-OH is 1. The number of benzene rings is 2. The number of phenolic OH excluding ortho intramolecular Hbond substituents is 1. The molecule has 0 radical (unpaired) electrons. The minimum absolute atomic E-state index is 0.0344. The van der Waals surface area contributed by atoms with Gasteiger partial charge in [0.05, 0.1) is 31.9 Å². The van der Waals surface area contributed by atoms with Gasteiger partial charge in [-0.2, -0.15) is 0 Å². The zero-order valence-electron chi connectivity index (χ0n) is 20.0. The molecule has 1 saturated heterocycles. The van der Waals surface area contributed by atoms with E-state index in [1.54, 1.807) is 30.3 Å². The quantitative estimate of drug-likeness (QED) is 0.235. The molecule has 0 spiro atoms. The number of ether oxygens (including phenoxy) is 3. The molecule has 1 fully saturated rings. The Morgan fingerprint density at radius 2 is 1.82 bits per heavy atom. The maximum Gasteiger partial charge on any atom is 0.295 e. The molecule has 2 aromatic rings. The zero-order chi connectivity index (χ0) is 24.8. The molecule has 0 saturated carbocycles. The molecule has 8 heteroatoms. The lowest BCUT2D eigenvalue weighted by atomic mass is 9.94. The average molecular weight is 470 g/mol. The number of carbonyl (C=O) groups excluding carboxylic acids is 2. The molecular formula is C26H31NO7. The Morgan fingerprint density at radius 1 is 1.06 bits per heavy atom. The Hall–Kier alpha value is -3.52. The molecule has 8 nitrogen and oxygen atoms in total. The van der Waals surface area contributed by atoms with Gasteiger partial charge < -0.3 is 29.3 Å². The van der Waals surface area contributed by atoms with Crippen molar-refractivity contribution in [3.63, 3.8) is 0 Å². The van der Waals surface area contributed by atoms with Crippen molar-refractivity contribution in [3.05, 3.63) is 58.7 Å². The average Bonchev–Trinajstić information content (AvgIpc) is 3.08. The van der Waals surface area contributed by atoms with E-state index in [0.717, 1.165) is 18.4 Å². The fourth-order valence-electron chi connectivity index (χ4n) is 3.95. The SMILES string of the molecule is CCCCOc1ccc(C(O)=C2C(=O)C(=O)N(CCOC)[C@H]2c2ccc(O)c(OC)c2)cc1C. The van der Waals surface area contributed by atoms with Gasteiger partial charge in [0, 0.05) is 19.2 Å². The van der Waals surface area contributed by atoms with E-state index in [0.29, 0.717) is 23.5 Å². The van der Waals surface area contributed by atoms with Crippen molar-refractivity contribution in [1.82, 2.24) is 4.90 Å². The minimum atomic E-state index is -0.870. The lowest BCUT2D eigenvalue weighted by molar-refractivity contribution is -0.140. The molecule has 2 aromatic carbocycles. The number of phenols is 1. The number of hydrogen-bond donors (Lipinski definition) is 2. The number of aryl methyl sites for hydroxylation is 1. The fourth-order valence-corrected chi connectivity index (χ4v) is 3.95. The largest absolute Gasteiger partial charge is 0.507 e. The molecule has 3 rings (SSSR count). The summed E-state index contributed by atoms with van der Waals surface area (Å²) in [5.41, 5.74) is 1.69. The zero-order valence-corrected chi connectivity index (χ0v) is 20.0. The first-order valence-electron chi connectivity index (χ1n) is 11.2. The lowest BCUT2D eigenvalue weighted by Crippen LogP contribution is -2.32. The highest BCUT2D eigenvalue weighted by Crippen LogP contribution is 2.42. The molecule has 0 unspecified atom stereocenters. The molecule has 1 heterocycles. The summed E-state index contributed by atoms with van der Waals surface area (Å²) in [6.45, 7) is 4.89. The van der Waals surface area contributed by atoms with Crippen LogP contribution in [0.5, 0.6) is 17.2 Å². The number of likely N-dealkylation sites (tertiary alicyclic amines) is 1. The molecule has 34 heavy (non-hydrogen) atoms. The van der Waals surface area contributed by atoms with Crippen LogP contribution in [0.4, 0.5) is 0 Å². The monoisotopic (exact) mass is 469 g/mol. The topological polar surface area (TPSA) is 106 Å². The highest BCUT2D eigenvalue weighted by Gasteiger charge is 2.46. The molecule has 0 aliphatic carbocycles. The van der Waals surface area contributed by atoms with E-state index < -0.39 is 17.7 Å². The molecule has 2 N–H and O–H groups in total. The predicted molar refractivity (Wildman–Crippen MR) is 127 cm³/mol. The van der Waals surface area contributed by atoms with Crippen LogP contribution in [0, 0.1) is 6.92 Å². The number of rotatable bonds is 10. The Kier molecular flexibility index (Phi) is 8.17. The molecule has 1 amide bonds. The van der Waals surface area contributed by atoms with E-state index in [1.807, 2.05) is 6.92 Å². The van der Waals surface area contributed by atoms with E-state index in [1.165, 1.54) is 25.2 Å². The summed E-state index contributed by atoms with van der Waals surface area (Å²) in [6, 6.07) is 8.85. The van der Waals surface area contributed by atoms with Crippen LogP contribution in [0.1, 0.15) is 42.5 Å². The summed E-state index contributed by atoms with van der Waals surface area (Å²) in [7, 11) is 2.91. The first-order valence-corrected chi connectivity index (χ1v) is 11.2. The molecule has 182 valence electrons. The summed E-state index contributed by atoms with van der Waals surface area (Å²) >= 11 is 0. The van der Waals surface area contributed by atoms with Gasteiger partial charge in [0.15, 0.2) is 11.5 Å². The Bertz CT molecular complexity index is 1090. The third kappa shape index (κ3) is 5.02. The van der Waals surface area contributed by atoms with Crippen molar-refractivity contribution in [1.29, 1.82) is 0 Å². The van der Waals surface area contributed by atoms with Gasteiger partial charge in [-0.1, -0.05) is 19.4 Å². The predicted octanol–water partition coefficient (Wildman–Crippen LogP) is 3.96. The number of amides is 1. The van der Waals surface area contributed by atoms with E-state index >= 15 is 0 Å². The molecule has 0 bridgehead atoms. The standard InChI is InChI=1S/C26H31NO7/c1-5-6-12-34-20-10-8-18(14-16(20)2)24(29)22-23(17-7-9-19(28)21(15-17)33-4)27(11-13-32-3)26(31)25(22)30/h7-10,14-15,23,28-29H,5-6,11-13H2,1-4H3/t23-/m0/s1. The van der Waals surface area contributed by atoms with Gasteiger partial charge in [-0.3, -0.25) is 9.59 Å². The van der Waals surface area contributed by atoms with Crippen LogP contribution >= 0.6 is 0 Å². The van der Waals surface area contributed by atoms with E-state index in [9.17, 15) is 19.8 Å². The second-order valence-corrected chi connectivity index (χ2v) is 8.10. The van der Waals surface area contributed by atoms with Crippen LogP contribution in [-0.2, 0) is 14.3 Å². The van der Waals surface area contributed by atoms with Gasteiger partial charge in [0.25, 0.3) is 11.7 Å². The number of nitrogens with zero attached hydrogens (tertiary/aromatic N) is 1. The van der Waals surface area contributed by atoms with Crippen molar-refractivity contribution in [2.45, 2.75) is 32.7 Å². The van der Waals surface area contributed by atoms with Crippen LogP contribution in [0.2, 0.25) is 0 Å². The third-order valence-electron chi connectivity index (χ3n) is 5.80. The molecule has 1 aliphatic heterocycles. The van der Waals surface area contributed by atoms with Crippen LogP contribution in [0.3, 0.4) is 0 Å². The number of ketones is 1. The van der Waals surface area contributed by atoms with Crippen LogP contribution < -0.4 is 9.47 Å². The third-order valence-corrected chi connectivity index (χ3v) is 5.80. The highest BCUT2D eigenvalue weighted by molar-refractivity contribution is 6.46. The van der Waals surface area contributed by atoms with E-state index in [4.69, 9.17) is 14.2 Å². The fraction of sp³-hybridized carbons (Fsp3) is 0.385. The summed E-state index contributed by atoms with van der Waals surface area (Å²) in [4.78, 5) is 27.3. The normalized spacial score (nSPS) is 17.3. The summed E-state index contributed by atoms with van der Waals surface area (Å²) in [5.74, 6) is -0.976. The maximum atomic E-state index is 13.1. The summed E-state index contributed by atoms with van der Waals surface area (Å²) in [5, 5.41) is 21.2. The van der Waals surface area contributed by atoms with Crippen molar-refractivity contribution < 1.29 is 34.0 Å². The second kappa shape index (κ2) is 11.1. The van der Waals surface area contributed by atoms with Gasteiger partial charge in [-0.15, -0.1) is 0 Å². The number of hydrogen-bond acceptors (Lipinski definition) is 7. The smallest absolute Gasteiger partial charge is 0.295 e. The van der Waals surface area contributed by atoms with Crippen LogP contribution in [0.15, 0.2) is 42.0 Å².